The molecule has 1 amide bonds. The van der Waals surface area contributed by atoms with Gasteiger partial charge >= 0.3 is 0 Å². The van der Waals surface area contributed by atoms with E-state index in [2.05, 4.69) is 22.4 Å². The van der Waals surface area contributed by atoms with Crippen LogP contribution in [0.1, 0.15) is 36.8 Å². The van der Waals surface area contributed by atoms with Crippen molar-refractivity contribution in [3.8, 4) is 11.4 Å². The Balaban J connectivity index is 1.44. The van der Waals surface area contributed by atoms with Crippen LogP contribution in [0.4, 0.5) is 5.69 Å². The number of nitrogens with zero attached hydrogens (tertiary/aromatic N) is 3. The molecule has 1 aliphatic rings. The lowest BCUT2D eigenvalue weighted by Crippen LogP contribution is -2.41. The third-order valence-corrected chi connectivity index (χ3v) is 8.09. The zero-order valence-corrected chi connectivity index (χ0v) is 19.9. The molecule has 33 heavy (non-hydrogen) atoms. The summed E-state index contributed by atoms with van der Waals surface area (Å²) in [5, 5.41) is 6.84. The smallest absolute Gasteiger partial charge is 0.243 e. The highest BCUT2D eigenvalue weighted by atomic mass is 32.2. The van der Waals surface area contributed by atoms with E-state index in [9.17, 15) is 13.2 Å². The maximum Gasteiger partial charge on any atom is 0.243 e. The molecule has 0 radical (unpaired) electrons. The van der Waals surface area contributed by atoms with Crippen LogP contribution in [0, 0.1) is 19.8 Å². The zero-order valence-electron chi connectivity index (χ0n) is 19.0. The number of aromatic nitrogens is 2. The number of sulfonamides is 1. The monoisotopic (exact) mass is 468 g/mol. The van der Waals surface area contributed by atoms with Gasteiger partial charge in [-0.15, -0.1) is 0 Å². The molecule has 8 nitrogen and oxygen atoms in total. The number of piperidine rings is 1. The fraction of sp³-hybridized carbons (Fsp3) is 0.375. The minimum Gasteiger partial charge on any atom is -0.339 e. The Morgan fingerprint density at radius 3 is 2.42 bits per heavy atom. The molecule has 1 saturated heterocycles. The zero-order chi connectivity index (χ0) is 23.6. The molecule has 3 aromatic rings. The van der Waals surface area contributed by atoms with E-state index in [0.717, 1.165) is 12.1 Å². The second-order valence-corrected chi connectivity index (χ2v) is 10.2. The van der Waals surface area contributed by atoms with Crippen molar-refractivity contribution in [2.24, 2.45) is 5.92 Å². The van der Waals surface area contributed by atoms with E-state index in [0.29, 0.717) is 48.8 Å². The number of anilines is 1. The first kappa shape index (κ1) is 23.1. The average Bonchev–Trinajstić information content (AvgIpc) is 3.26. The highest BCUT2D eigenvalue weighted by Crippen LogP contribution is 2.29. The first-order valence-electron chi connectivity index (χ1n) is 11.1. The van der Waals surface area contributed by atoms with Gasteiger partial charge < -0.3 is 9.84 Å². The highest BCUT2D eigenvalue weighted by Gasteiger charge is 2.33. The van der Waals surface area contributed by atoms with Gasteiger partial charge in [0.25, 0.3) is 0 Å². The molecule has 174 valence electrons. The standard InChI is InChI=1S/C24H28N4O4S/c1-4-18-6-9-21(10-7-18)26-24(29)19-11-13-28(14-12-19)33(30,31)22-15-20(8-5-16(22)2)23-25-17(3)32-27-23/h5-10,15,19H,4,11-14H2,1-3H3,(H,26,29). The number of carbonyl (C=O) groups excluding carboxylic acids is 1. The summed E-state index contributed by atoms with van der Waals surface area (Å²) in [6, 6.07) is 12.9. The SMILES string of the molecule is CCc1ccc(NC(=O)C2CCN(S(=O)(=O)c3cc(-c4noc(C)n4)ccc3C)CC2)cc1. The fourth-order valence-corrected chi connectivity index (χ4v) is 5.72. The summed E-state index contributed by atoms with van der Waals surface area (Å²) < 4.78 is 33.3. The Labute approximate surface area is 194 Å². The molecule has 1 fully saturated rings. The van der Waals surface area contributed by atoms with Crippen molar-refractivity contribution in [2.75, 3.05) is 18.4 Å². The predicted molar refractivity (Wildman–Crippen MR) is 125 cm³/mol. The van der Waals surface area contributed by atoms with Gasteiger partial charge in [0.2, 0.25) is 27.6 Å². The van der Waals surface area contributed by atoms with Gasteiger partial charge in [0.1, 0.15) is 0 Å². The Morgan fingerprint density at radius 1 is 1.12 bits per heavy atom. The van der Waals surface area contributed by atoms with Gasteiger partial charge in [-0.2, -0.15) is 9.29 Å². The number of nitrogens with one attached hydrogen (secondary N) is 1. The van der Waals surface area contributed by atoms with Crippen LogP contribution in [-0.2, 0) is 21.2 Å². The molecule has 0 unspecified atom stereocenters. The Morgan fingerprint density at radius 2 is 1.82 bits per heavy atom. The highest BCUT2D eigenvalue weighted by molar-refractivity contribution is 7.89. The fourth-order valence-electron chi connectivity index (χ4n) is 4.00. The molecule has 0 spiro atoms. The normalized spacial score (nSPS) is 15.5. The summed E-state index contributed by atoms with van der Waals surface area (Å²) in [6.45, 7) is 6.12. The van der Waals surface area contributed by atoms with Gasteiger partial charge in [-0.1, -0.05) is 36.3 Å². The molecule has 2 heterocycles. The molecule has 2 aromatic carbocycles. The minimum absolute atomic E-state index is 0.0676. The van der Waals surface area contributed by atoms with E-state index in [1.54, 1.807) is 32.0 Å². The number of amides is 1. The number of carbonyl (C=O) groups is 1. The van der Waals surface area contributed by atoms with Crippen LogP contribution in [-0.4, -0.2) is 41.9 Å². The lowest BCUT2D eigenvalue weighted by Gasteiger charge is -2.31. The molecular formula is C24H28N4O4S. The Bertz CT molecular complexity index is 1240. The largest absolute Gasteiger partial charge is 0.339 e. The van der Waals surface area contributed by atoms with Gasteiger partial charge in [-0.25, -0.2) is 8.42 Å². The number of rotatable bonds is 6. The maximum atomic E-state index is 13.4. The molecule has 1 aromatic heterocycles. The average molecular weight is 469 g/mol. The summed E-state index contributed by atoms with van der Waals surface area (Å²) in [7, 11) is -3.72. The lowest BCUT2D eigenvalue weighted by molar-refractivity contribution is -0.120. The Hall–Kier alpha value is -3.04. The van der Waals surface area contributed by atoms with E-state index < -0.39 is 10.0 Å². The molecule has 0 aliphatic carbocycles. The third-order valence-electron chi connectivity index (χ3n) is 6.05. The molecule has 1 aliphatic heterocycles. The van der Waals surface area contributed by atoms with Crippen molar-refractivity contribution in [1.82, 2.24) is 14.4 Å². The molecule has 9 heteroatoms. The summed E-state index contributed by atoms with van der Waals surface area (Å²) >= 11 is 0. The van der Waals surface area contributed by atoms with E-state index in [1.165, 1.54) is 9.87 Å². The van der Waals surface area contributed by atoms with Gasteiger partial charge in [-0.3, -0.25) is 4.79 Å². The van der Waals surface area contributed by atoms with Crippen LogP contribution >= 0.6 is 0 Å². The third kappa shape index (κ3) is 4.99. The predicted octanol–water partition coefficient (Wildman–Crippen LogP) is 3.96. The Kier molecular flexibility index (Phi) is 6.62. The topological polar surface area (TPSA) is 105 Å². The second kappa shape index (κ2) is 9.44. The summed E-state index contributed by atoms with van der Waals surface area (Å²) in [6.07, 6.45) is 1.89. The van der Waals surface area contributed by atoms with Gasteiger partial charge in [0.15, 0.2) is 0 Å². The number of hydrogen-bond donors (Lipinski definition) is 1. The summed E-state index contributed by atoms with van der Waals surface area (Å²) in [5.74, 6) is 0.474. The molecule has 4 rings (SSSR count). The van der Waals surface area contributed by atoms with Crippen molar-refractivity contribution in [3.05, 3.63) is 59.5 Å². The lowest BCUT2D eigenvalue weighted by atomic mass is 9.97. The van der Waals surface area contributed by atoms with Crippen LogP contribution in [0.15, 0.2) is 51.9 Å². The van der Waals surface area contributed by atoms with E-state index in [-0.39, 0.29) is 16.7 Å². The van der Waals surface area contributed by atoms with Crippen LogP contribution in [0.2, 0.25) is 0 Å². The van der Waals surface area contributed by atoms with E-state index in [1.807, 2.05) is 24.3 Å². The molecule has 1 N–H and O–H groups in total. The molecular weight excluding hydrogens is 440 g/mol. The van der Waals surface area contributed by atoms with Gasteiger partial charge in [-0.05, 0) is 55.5 Å². The number of hydrogen-bond acceptors (Lipinski definition) is 6. The van der Waals surface area contributed by atoms with Crippen molar-refractivity contribution >= 4 is 21.6 Å². The molecule has 0 atom stereocenters. The van der Waals surface area contributed by atoms with E-state index >= 15 is 0 Å². The van der Waals surface area contributed by atoms with E-state index in [4.69, 9.17) is 4.52 Å². The van der Waals surface area contributed by atoms with Crippen LogP contribution < -0.4 is 5.32 Å². The van der Waals surface area contributed by atoms with Crippen LogP contribution in [0.5, 0.6) is 0 Å². The number of benzene rings is 2. The molecule has 0 saturated carbocycles. The minimum atomic E-state index is -3.72. The van der Waals surface area contributed by atoms with Crippen molar-refractivity contribution in [2.45, 2.75) is 44.9 Å². The second-order valence-electron chi connectivity index (χ2n) is 8.34. The molecule has 0 bridgehead atoms. The summed E-state index contributed by atoms with van der Waals surface area (Å²) in [4.78, 5) is 17.1. The van der Waals surface area contributed by atoms with Crippen LogP contribution in [0.25, 0.3) is 11.4 Å². The first-order valence-corrected chi connectivity index (χ1v) is 12.5. The van der Waals surface area contributed by atoms with Crippen LogP contribution in [0.3, 0.4) is 0 Å². The van der Waals surface area contributed by atoms with Gasteiger partial charge in [0, 0.05) is 37.2 Å². The van der Waals surface area contributed by atoms with Gasteiger partial charge in [0.05, 0.1) is 4.90 Å². The van der Waals surface area contributed by atoms with Crippen molar-refractivity contribution in [3.63, 3.8) is 0 Å². The number of aryl methyl sites for hydroxylation is 3. The quantitative estimate of drug-likeness (QED) is 0.587. The first-order chi connectivity index (χ1) is 15.8. The maximum absolute atomic E-state index is 13.4. The van der Waals surface area contributed by atoms with Crippen molar-refractivity contribution in [1.29, 1.82) is 0 Å². The summed E-state index contributed by atoms with van der Waals surface area (Å²) in [5.41, 5.74) is 3.20. The van der Waals surface area contributed by atoms with Crippen molar-refractivity contribution < 1.29 is 17.7 Å².